The Labute approximate surface area is 599 Å². The number of H-pyrrole nitrogens is 1. The highest BCUT2D eigenvalue weighted by molar-refractivity contribution is 14.1. The van der Waals surface area contributed by atoms with Crippen LogP contribution in [0.15, 0.2) is 271 Å². The zero-order valence-electron chi connectivity index (χ0n) is 57.0. The maximum absolute atomic E-state index is 13.3. The Hall–Kier alpha value is -11.3. The predicted octanol–water partition coefficient (Wildman–Crippen LogP) is 16.6. The van der Waals surface area contributed by atoms with Crippen molar-refractivity contribution in [2.75, 3.05) is 28.4 Å². The molecule has 16 nitrogen and oxygen atoms in total. The van der Waals surface area contributed by atoms with Gasteiger partial charge in [0.1, 0.15) is 29.9 Å². The fraction of sp³-hybridized carbons (Fsp3) is 0.179. The highest BCUT2D eigenvalue weighted by Gasteiger charge is 2.22. The number of aromatic nitrogens is 9. The van der Waals surface area contributed by atoms with E-state index in [2.05, 4.69) is 119 Å². The van der Waals surface area contributed by atoms with Crippen LogP contribution in [0, 0.1) is 9.49 Å². The van der Waals surface area contributed by atoms with Crippen molar-refractivity contribution in [3.05, 3.63) is 324 Å². The summed E-state index contributed by atoms with van der Waals surface area (Å²) in [7, 11) is 7.07. The van der Waals surface area contributed by atoms with Gasteiger partial charge in [-0.3, -0.25) is 38.5 Å². The van der Waals surface area contributed by atoms with Crippen molar-refractivity contribution < 1.29 is 14.2 Å². The topological polar surface area (TPSA) is 194 Å². The monoisotopic (exact) mass is 1450 g/mol. The molecule has 0 radical (unpaired) electrons. The Morgan fingerprint density at radius 1 is 0.455 bits per heavy atom. The SMILES string of the molecule is CC[C@@H]1CCCC[C@H]1NC.COc1ccc(Cc2cc3c(=O)[nH]cnc3c3ccccc23)cc1.COc1ccc(Cc2cc3c(=O)n(-c4cccnc4)cnc3c3ccccc23)cc1.COc1ccc(Cc2cc3c(=O)n(-c4cccnc4)cnc3c3ccccc23)cc1.Ic1cccnc1. The van der Waals surface area contributed by atoms with Crippen molar-refractivity contribution in [3.63, 3.8) is 0 Å². The Kier molecular flexibility index (Phi) is 23.1. The van der Waals surface area contributed by atoms with Crippen LogP contribution in [-0.4, -0.2) is 78.4 Å². The van der Waals surface area contributed by atoms with E-state index in [9.17, 15) is 14.4 Å². The molecule has 0 aliphatic heterocycles. The van der Waals surface area contributed by atoms with Crippen molar-refractivity contribution in [2.24, 2.45) is 5.92 Å². The fourth-order valence-electron chi connectivity index (χ4n) is 13.2. The maximum atomic E-state index is 13.3. The summed E-state index contributed by atoms with van der Waals surface area (Å²) in [6.07, 6.45) is 24.1. The molecule has 0 amide bonds. The van der Waals surface area contributed by atoms with Crippen molar-refractivity contribution in [1.29, 1.82) is 0 Å². The minimum atomic E-state index is -0.110. The van der Waals surface area contributed by atoms with Crippen LogP contribution in [0.1, 0.15) is 72.4 Å². The molecule has 1 aliphatic rings. The normalized spacial score (nSPS) is 13.2. The number of fused-ring (bicyclic) bond motifs is 9. The van der Waals surface area contributed by atoms with E-state index in [0.717, 1.165) is 101 Å². The van der Waals surface area contributed by atoms with Gasteiger partial charge in [0.25, 0.3) is 16.7 Å². The number of hydrogen-bond donors (Lipinski definition) is 2. The second-order valence-corrected chi connectivity index (χ2v) is 25.8. The molecule has 1 saturated carbocycles. The van der Waals surface area contributed by atoms with Gasteiger partial charge >= 0.3 is 0 Å². The van der Waals surface area contributed by atoms with Crippen molar-refractivity contribution in [3.8, 4) is 28.6 Å². The van der Waals surface area contributed by atoms with E-state index < -0.39 is 0 Å². The molecule has 2 N–H and O–H groups in total. The average molecular weight is 1450 g/mol. The lowest BCUT2D eigenvalue weighted by Gasteiger charge is -2.30. The molecule has 9 aromatic carbocycles. The Morgan fingerprint density at radius 3 is 1.19 bits per heavy atom. The summed E-state index contributed by atoms with van der Waals surface area (Å²) in [6, 6.07) is 66.3. The minimum Gasteiger partial charge on any atom is -0.497 e. The van der Waals surface area contributed by atoms with Crippen LogP contribution in [0.4, 0.5) is 0 Å². The number of hydrogen-bond acceptors (Lipinski definition) is 13. The second kappa shape index (κ2) is 33.5. The standard InChI is InChI=1S/2C25H19N3O2.C20H16N2O2.C9H19N.C5H4IN/c2*1-30-20-10-8-17(9-11-20)13-18-14-23-24(22-7-3-2-6-21(18)22)27-16-28(25(23)29)19-5-4-12-26-15-19;1-24-15-8-6-13(7-9-15)10-14-11-18-19(21-12-22-20(18)23)17-5-3-2-4-16(14)17;1-3-8-6-4-5-7-9(8)10-2;6-5-2-1-3-7-4-5/h2*2-12,14-16H,13H2,1H3;2-9,11-12H,10H2,1H3,(H,21,22,23);8-10H,3-7H2,1-2H3;1-4H/t;;;8-,9-;/m...1./s1. The minimum absolute atomic E-state index is 0.102. The van der Waals surface area contributed by atoms with Gasteiger partial charge < -0.3 is 24.5 Å². The van der Waals surface area contributed by atoms with Crippen molar-refractivity contribution in [1.82, 2.24) is 49.3 Å². The van der Waals surface area contributed by atoms with Crippen molar-refractivity contribution in [2.45, 2.75) is 64.3 Å². The van der Waals surface area contributed by atoms with E-state index in [0.29, 0.717) is 51.4 Å². The number of halogens is 1. The van der Waals surface area contributed by atoms with E-state index in [-0.39, 0.29) is 16.7 Å². The third-order valence-corrected chi connectivity index (χ3v) is 19.0. The number of benzene rings is 9. The number of nitrogens with one attached hydrogen (secondary N) is 2. The summed E-state index contributed by atoms with van der Waals surface area (Å²) in [6.45, 7) is 2.31. The van der Waals surface area contributed by atoms with Gasteiger partial charge in [-0.1, -0.05) is 135 Å². The van der Waals surface area contributed by atoms with Gasteiger partial charge in [-0.05, 0) is 208 Å². The lowest BCUT2D eigenvalue weighted by Crippen LogP contribution is -2.35. The molecule has 506 valence electrons. The Morgan fingerprint density at radius 2 is 0.842 bits per heavy atom. The van der Waals surface area contributed by atoms with E-state index in [1.54, 1.807) is 74.1 Å². The first kappa shape index (κ1) is 69.6. The molecule has 0 unspecified atom stereocenters. The summed E-state index contributed by atoms with van der Waals surface area (Å²) in [5, 5.41) is 11.5. The first-order valence-electron chi connectivity index (χ1n) is 33.7. The molecule has 6 heterocycles. The van der Waals surface area contributed by atoms with Gasteiger partial charge in [-0.15, -0.1) is 0 Å². The molecule has 15 aromatic rings. The maximum Gasteiger partial charge on any atom is 0.265 e. The molecule has 0 bridgehead atoms. The quantitative estimate of drug-likeness (QED) is 0.0819. The number of aromatic amines is 1. The molecule has 2 atom stereocenters. The van der Waals surface area contributed by atoms with Gasteiger partial charge in [0.15, 0.2) is 0 Å². The van der Waals surface area contributed by atoms with E-state index in [1.807, 2.05) is 164 Å². The van der Waals surface area contributed by atoms with Crippen LogP contribution >= 0.6 is 22.6 Å². The van der Waals surface area contributed by atoms with Crippen LogP contribution in [0.25, 0.3) is 76.4 Å². The molecular formula is C84H77IN10O6. The number of methoxy groups -OCH3 is 3. The molecule has 101 heavy (non-hydrogen) atoms. The number of nitrogens with zero attached hydrogens (tertiary/aromatic N) is 8. The average Bonchev–Trinajstić information content (AvgIpc) is 0.758. The predicted molar refractivity (Wildman–Crippen MR) is 415 cm³/mol. The second-order valence-electron chi connectivity index (χ2n) is 24.5. The van der Waals surface area contributed by atoms with Gasteiger partial charge in [0.2, 0.25) is 0 Å². The van der Waals surface area contributed by atoms with Crippen LogP contribution in [0.2, 0.25) is 0 Å². The highest BCUT2D eigenvalue weighted by Crippen LogP contribution is 2.32. The van der Waals surface area contributed by atoms with E-state index >= 15 is 0 Å². The first-order valence-corrected chi connectivity index (χ1v) is 34.7. The summed E-state index contributed by atoms with van der Waals surface area (Å²) < 4.78 is 20.0. The van der Waals surface area contributed by atoms with Gasteiger partial charge in [0, 0.05) is 50.6 Å². The van der Waals surface area contributed by atoms with Crippen molar-refractivity contribution >= 4 is 87.6 Å². The van der Waals surface area contributed by atoms with Crippen LogP contribution in [0.5, 0.6) is 17.2 Å². The third kappa shape index (κ3) is 16.6. The Balaban J connectivity index is 0.000000129. The molecule has 1 fully saturated rings. The summed E-state index contributed by atoms with van der Waals surface area (Å²) >= 11 is 2.22. The summed E-state index contributed by atoms with van der Waals surface area (Å²) in [5.74, 6) is 3.44. The van der Waals surface area contributed by atoms with E-state index in [4.69, 9.17) is 14.2 Å². The summed E-state index contributed by atoms with van der Waals surface area (Å²) in [5.41, 5.74) is 10.0. The Bertz CT molecular complexity index is 5240. The fourth-order valence-corrected chi connectivity index (χ4v) is 13.5. The summed E-state index contributed by atoms with van der Waals surface area (Å²) in [4.78, 5) is 67.3. The van der Waals surface area contributed by atoms with E-state index in [1.165, 1.54) is 47.6 Å². The van der Waals surface area contributed by atoms with Crippen LogP contribution in [0.3, 0.4) is 0 Å². The number of ether oxygens (including phenoxy) is 3. The molecule has 16 rings (SSSR count). The zero-order valence-corrected chi connectivity index (χ0v) is 59.1. The number of pyridine rings is 3. The molecule has 1 aliphatic carbocycles. The molecule has 0 saturated heterocycles. The lowest BCUT2D eigenvalue weighted by molar-refractivity contribution is 0.267. The highest BCUT2D eigenvalue weighted by atomic mass is 127. The smallest absolute Gasteiger partial charge is 0.265 e. The van der Waals surface area contributed by atoms with Gasteiger partial charge in [-0.25, -0.2) is 15.0 Å². The molecular weight excluding hydrogens is 1370 g/mol. The zero-order chi connectivity index (χ0) is 70.0. The molecule has 6 aromatic heterocycles. The molecule has 0 spiro atoms. The first-order chi connectivity index (χ1) is 49.5. The van der Waals surface area contributed by atoms with Crippen LogP contribution < -0.4 is 36.2 Å². The van der Waals surface area contributed by atoms with Crippen LogP contribution in [-0.2, 0) is 19.3 Å². The number of rotatable bonds is 13. The van der Waals surface area contributed by atoms with Gasteiger partial charge in [0.05, 0.1) is 84.1 Å². The largest absolute Gasteiger partial charge is 0.497 e. The third-order valence-electron chi connectivity index (χ3n) is 18.4. The lowest BCUT2D eigenvalue weighted by atomic mass is 9.83. The van der Waals surface area contributed by atoms with Gasteiger partial charge in [-0.2, -0.15) is 0 Å². The molecule has 17 heteroatoms.